The van der Waals surface area contributed by atoms with Gasteiger partial charge in [-0.15, -0.1) is 0 Å². The quantitative estimate of drug-likeness (QED) is 0.127. The van der Waals surface area contributed by atoms with Gasteiger partial charge in [0.1, 0.15) is 0 Å². The van der Waals surface area contributed by atoms with Crippen molar-refractivity contribution in [1.29, 1.82) is 0 Å². The maximum Gasteiger partial charge on any atom is 0.318 e. The average Bonchev–Trinajstić information content (AvgIpc) is 1.56. The Morgan fingerprint density at radius 1 is 0.410 bits per heavy atom. The van der Waals surface area contributed by atoms with Gasteiger partial charge < -0.3 is 19.3 Å². The summed E-state index contributed by atoms with van der Waals surface area (Å²) in [7, 11) is 9.95. The van der Waals surface area contributed by atoms with Crippen molar-refractivity contribution in [2.24, 2.45) is 159 Å². The topological polar surface area (TPSA) is 306 Å². The first-order valence-electron chi connectivity index (χ1n) is 33.7. The molecule has 0 aromatic carbocycles. The molecule has 0 aromatic heterocycles. The second-order valence-electron chi connectivity index (χ2n) is 30.6. The molecule has 28 unspecified atom stereocenters. The van der Waals surface area contributed by atoms with Crippen LogP contribution in [0, 0.1) is 159 Å². The van der Waals surface area contributed by atoms with E-state index >= 15 is 0 Å². The zero-order valence-corrected chi connectivity index (χ0v) is 55.6. The van der Waals surface area contributed by atoms with Crippen molar-refractivity contribution < 1.29 is 95.2 Å². The Bertz CT molecular complexity index is 3700. The van der Waals surface area contributed by atoms with Crippen LogP contribution in [-0.2, 0) is 81.3 Å². The number of hydrogen-bond donors (Lipinski definition) is 1. The lowest BCUT2D eigenvalue weighted by Gasteiger charge is -2.31. The van der Waals surface area contributed by atoms with Crippen LogP contribution in [0.15, 0.2) is 97.2 Å². The number of cyclic esters (lactones) is 6. The predicted octanol–water partition coefficient (Wildman–Crippen LogP) is 4.04. The van der Waals surface area contributed by atoms with Crippen LogP contribution < -0.4 is 0 Å². The Hall–Kier alpha value is -8.36. The van der Waals surface area contributed by atoms with Crippen LogP contribution in [0.2, 0.25) is 0 Å². The molecule has 20 rings (SSSR count). The molecule has 534 valence electrons. The first-order chi connectivity index (χ1) is 46.2. The van der Waals surface area contributed by atoms with E-state index in [1.54, 1.807) is 14.1 Å². The summed E-state index contributed by atoms with van der Waals surface area (Å²) in [5, 5.41) is 13.9. The smallest absolute Gasteiger partial charge is 0.318 e. The number of carbonyl (C=O) groups is 14. The number of halogens is 2. The van der Waals surface area contributed by atoms with Gasteiger partial charge >= 0.3 is 35.8 Å². The lowest BCUT2D eigenvalue weighted by Crippen LogP contribution is -2.46. The number of esters is 6. The summed E-state index contributed by atoms with van der Waals surface area (Å²) in [6, 6.07) is 0.123. The van der Waals surface area contributed by atoms with Crippen molar-refractivity contribution in [2.45, 2.75) is 73.1 Å². The van der Waals surface area contributed by atoms with E-state index < -0.39 is 47.5 Å². The van der Waals surface area contributed by atoms with Gasteiger partial charge in [0.05, 0.1) is 113 Å². The van der Waals surface area contributed by atoms with Gasteiger partial charge in [-0.05, 0) is 47.3 Å². The molecule has 9 heterocycles. The van der Waals surface area contributed by atoms with E-state index in [-0.39, 0.29) is 234 Å². The zero-order chi connectivity index (χ0) is 70.6. The molecule has 9 aliphatic heterocycles. The number of fused-ring (bicyclic) bond motifs is 31. The van der Waals surface area contributed by atoms with Gasteiger partial charge in [-0.3, -0.25) is 86.7 Å². The average molecular weight is 1390 g/mol. The second-order valence-corrected chi connectivity index (χ2v) is 30.6. The standard InChI is InChI=1S/C11H15N3O2.C11H11NO2.C11H12O3.C10H9F2NO2.C10H11NO3.C10H12O3.C9H8O3.2CH4/c1-12(2)14-6-4-5-7(14)9-8(6)10(15)13(3)11(9)16;1-5-6-3-4-7(5)9-8(6)10(13)12(2)11(9)14;1-11(2)5-3-4-6(11)8-7(5)9(12)14-10(8)13;1-13-8(14)6-4-2-3-5(10(4,11)12)7(6)9(13)15;1-11-9(13)6-4-2-3-5(8(4)12)7(6)10(11)14;1-5-3-4-6(2)8-7(5)9(11)13-10(8)12;10-8-6-4-1-2-5(3-4)7(6)9(11)12-8;;/h4-9H,1-3H3;3-4,6-9H,1H2,2H3;3-8H,1-2H3;2-7H,1H3;2-8,12H,1H3;3-8H,1-2H3;1-2,4-7H,3H2;2*1H4. The molecule has 0 spiro atoms. The summed E-state index contributed by atoms with van der Waals surface area (Å²) in [5.74, 6) is -11.2. The largest absolute Gasteiger partial charge is 0.393 e. The Balaban J connectivity index is 0.000000110. The summed E-state index contributed by atoms with van der Waals surface area (Å²) in [6.07, 6.45) is 27.4. The summed E-state index contributed by atoms with van der Waals surface area (Å²) in [4.78, 5) is 167. The molecule has 13 fully saturated rings. The van der Waals surface area contributed by atoms with Gasteiger partial charge in [0.25, 0.3) is 5.92 Å². The Morgan fingerprint density at radius 3 is 1.08 bits per heavy atom. The molecule has 8 amide bonds. The number of rotatable bonds is 1. The van der Waals surface area contributed by atoms with Crippen LogP contribution in [0.5, 0.6) is 0 Å². The number of hydrogen-bond acceptors (Lipinski definition) is 20. The first-order valence-corrected chi connectivity index (χ1v) is 33.7. The number of likely N-dealkylation sites (tertiary alicyclic amines) is 4. The van der Waals surface area contributed by atoms with Gasteiger partial charge in [-0.25, -0.2) is 18.8 Å². The normalized spacial score (nSPS) is 44.5. The summed E-state index contributed by atoms with van der Waals surface area (Å²) in [5.41, 5.74) is 1.10. The minimum Gasteiger partial charge on any atom is -0.393 e. The summed E-state index contributed by atoms with van der Waals surface area (Å²) in [6.45, 7) is 12.1. The SMILES string of the molecule is C.C.C=C1C2C=CC1C1C(=O)N(C)C(=O)C21.CC1(C)C2C=CC1C1C(=O)OC(=O)C12.CC1C=CC(C)C2C(=O)OC(=O)C12.CN1C(=O)C2C(C1=O)C1C=CC2C1(F)F.CN1C(=O)C2C(C1=O)C1C=CC2N1N(C)C.CN1C(=O)C2C3C=CC(C3O)C2C1=O.O=C1OC(=O)C2C3C=CC(C3)C12. The lowest BCUT2D eigenvalue weighted by atomic mass is 9.73. The van der Waals surface area contributed by atoms with Crippen LogP contribution in [0.4, 0.5) is 8.78 Å². The number of hydrazine groups is 1. The van der Waals surface area contributed by atoms with Gasteiger partial charge in [0.15, 0.2) is 0 Å². The van der Waals surface area contributed by atoms with Crippen LogP contribution in [0.3, 0.4) is 0 Å². The second kappa shape index (κ2) is 24.7. The Labute approximate surface area is 577 Å². The van der Waals surface area contributed by atoms with E-state index in [2.05, 4.69) is 63.9 Å². The van der Waals surface area contributed by atoms with Gasteiger partial charge in [-0.1, -0.05) is 140 Å². The number of carbonyl (C=O) groups excluding carboxylic acids is 14. The number of alkyl halides is 2. The van der Waals surface area contributed by atoms with Crippen molar-refractivity contribution in [3.63, 3.8) is 0 Å². The maximum atomic E-state index is 13.6. The van der Waals surface area contributed by atoms with Crippen LogP contribution >= 0.6 is 0 Å². The summed E-state index contributed by atoms with van der Waals surface area (Å²) >= 11 is 0. The highest BCUT2D eigenvalue weighted by atomic mass is 19.3. The fraction of sp³-hybridized carbons (Fsp3) is 0.595. The third kappa shape index (κ3) is 9.91. The minimum absolute atomic E-state index is 0. The van der Waals surface area contributed by atoms with Crippen molar-refractivity contribution in [3.8, 4) is 0 Å². The number of imide groups is 4. The molecule has 20 aliphatic rings. The van der Waals surface area contributed by atoms with Crippen LogP contribution in [0.25, 0.3) is 0 Å². The lowest BCUT2D eigenvalue weighted by molar-refractivity contribution is -0.157. The fourth-order valence-corrected chi connectivity index (χ4v) is 20.7. The molecule has 5 saturated carbocycles. The molecule has 0 radical (unpaired) electrons. The van der Waals surface area contributed by atoms with E-state index in [9.17, 15) is 81.0 Å². The van der Waals surface area contributed by atoms with Gasteiger partial charge in [0, 0.05) is 66.0 Å². The third-order valence-electron chi connectivity index (χ3n) is 25.6. The van der Waals surface area contributed by atoms with Crippen molar-refractivity contribution in [1.82, 2.24) is 29.6 Å². The Kier molecular flexibility index (Phi) is 17.7. The number of amides is 8. The minimum atomic E-state index is -2.91. The van der Waals surface area contributed by atoms with Crippen molar-refractivity contribution in [3.05, 3.63) is 97.2 Å². The number of allylic oxidation sites excluding steroid dienone is 11. The molecule has 100 heavy (non-hydrogen) atoms. The van der Waals surface area contributed by atoms with E-state index in [0.29, 0.717) is 0 Å². The highest BCUT2D eigenvalue weighted by molar-refractivity contribution is 6.09. The molecule has 28 atom stereocenters. The van der Waals surface area contributed by atoms with E-state index in [4.69, 9.17) is 0 Å². The zero-order valence-electron chi connectivity index (χ0n) is 55.6. The van der Waals surface area contributed by atoms with E-state index in [0.717, 1.165) is 16.9 Å². The monoisotopic (exact) mass is 1380 g/mol. The van der Waals surface area contributed by atoms with E-state index in [1.165, 1.54) is 40.9 Å². The molecule has 26 heteroatoms. The molecule has 0 aromatic rings. The molecular formula is C74H86F2N6O18. The summed E-state index contributed by atoms with van der Waals surface area (Å²) < 4.78 is 41.1. The van der Waals surface area contributed by atoms with Crippen molar-refractivity contribution >= 4 is 83.1 Å². The van der Waals surface area contributed by atoms with Crippen LogP contribution in [0.1, 0.15) is 49.0 Å². The van der Waals surface area contributed by atoms with Crippen molar-refractivity contribution in [2.75, 3.05) is 42.3 Å². The number of aliphatic hydroxyl groups excluding tert-OH is 1. The van der Waals surface area contributed by atoms with Gasteiger partial charge in [0.2, 0.25) is 47.3 Å². The van der Waals surface area contributed by atoms with Crippen LogP contribution in [-0.4, -0.2) is 184 Å². The molecule has 12 bridgehead atoms. The van der Waals surface area contributed by atoms with E-state index in [1.807, 2.05) is 81.6 Å². The molecular weight excluding hydrogens is 1300 g/mol. The molecule has 11 aliphatic carbocycles. The highest BCUT2D eigenvalue weighted by Gasteiger charge is 2.72. The fourth-order valence-electron chi connectivity index (χ4n) is 20.7. The molecule has 1 N–H and O–H groups in total. The Morgan fingerprint density at radius 2 is 0.720 bits per heavy atom. The molecule has 24 nitrogen and oxygen atoms in total. The predicted molar refractivity (Wildman–Crippen MR) is 346 cm³/mol. The highest BCUT2D eigenvalue weighted by Crippen LogP contribution is 2.63. The molecule has 8 saturated heterocycles. The third-order valence-corrected chi connectivity index (χ3v) is 25.6. The first kappa shape index (κ1) is 71.5. The number of ether oxygens (including phenoxy) is 3. The number of aliphatic hydroxyl groups is 1. The van der Waals surface area contributed by atoms with Gasteiger partial charge in [-0.2, -0.15) is 0 Å². The number of nitrogens with zero attached hydrogens (tertiary/aromatic N) is 6. The maximum absolute atomic E-state index is 13.6.